The minimum Gasteiger partial charge on any atom is -0.265 e. The number of halogens is 3. The van der Waals surface area contributed by atoms with E-state index >= 15 is 0 Å². The largest absolute Gasteiger partial charge is 0.433 e. The first kappa shape index (κ1) is 31.5. The fraction of sp³-hybridized carbons (Fsp3) is 0.282. The Morgan fingerprint density at radius 2 is 1.58 bits per heavy atom. The van der Waals surface area contributed by atoms with E-state index in [4.69, 9.17) is 5.10 Å². The molecule has 6 nitrogen and oxygen atoms in total. The first-order valence-corrected chi connectivity index (χ1v) is 16.3. The minimum atomic E-state index is -4.73. The van der Waals surface area contributed by atoms with Crippen LogP contribution in [0.15, 0.2) is 95.6 Å². The number of alkyl halides is 3. The Morgan fingerprint density at radius 1 is 0.917 bits per heavy atom. The van der Waals surface area contributed by atoms with Crippen LogP contribution in [0.2, 0.25) is 0 Å². The number of aromatic nitrogens is 3. The van der Waals surface area contributed by atoms with Crippen molar-refractivity contribution in [1.29, 1.82) is 0 Å². The standard InChI is InChI=1S/C39H36F3N5O/c1-23(2)27-16-18-28(19-17-27)32-21-34(39(40,41)42)46-35(43-32)22-33(44-46)38(48)47-37(29-14-10-25(4)11-15-29)31-7-5-6-30(36(31)45-47)20-26-12-8-24(3)9-13-26/h8-23,31,37H,5-7H2,1-4H3/b30-20-. The Hall–Kier alpha value is -5.05. The van der Waals surface area contributed by atoms with E-state index in [0.29, 0.717) is 5.56 Å². The summed E-state index contributed by atoms with van der Waals surface area (Å²) in [4.78, 5) is 18.9. The zero-order valence-corrected chi connectivity index (χ0v) is 27.3. The lowest BCUT2D eigenvalue weighted by atomic mass is 9.77. The second kappa shape index (κ2) is 12.2. The van der Waals surface area contributed by atoms with E-state index in [2.05, 4.69) is 54.3 Å². The average Bonchev–Trinajstić information content (AvgIpc) is 3.68. The van der Waals surface area contributed by atoms with Crippen molar-refractivity contribution >= 4 is 23.3 Å². The van der Waals surface area contributed by atoms with Crippen LogP contribution in [-0.4, -0.2) is 31.2 Å². The maximum Gasteiger partial charge on any atom is 0.433 e. The number of hydrogen-bond donors (Lipinski definition) is 0. The third-order valence-electron chi connectivity index (χ3n) is 9.36. The summed E-state index contributed by atoms with van der Waals surface area (Å²) in [5.41, 5.74) is 6.67. The summed E-state index contributed by atoms with van der Waals surface area (Å²) in [6.07, 6.45) is -0.0242. The molecular formula is C39H36F3N5O. The van der Waals surface area contributed by atoms with Gasteiger partial charge in [-0.05, 0) is 73.4 Å². The number of hydrazone groups is 1. The number of nitrogens with zero attached hydrogens (tertiary/aromatic N) is 5. The zero-order chi connectivity index (χ0) is 33.7. The quantitative estimate of drug-likeness (QED) is 0.191. The maximum absolute atomic E-state index is 14.4. The van der Waals surface area contributed by atoms with Gasteiger partial charge in [0.1, 0.15) is 0 Å². The van der Waals surface area contributed by atoms with Crippen LogP contribution < -0.4 is 0 Å². The van der Waals surface area contributed by atoms with Crippen molar-refractivity contribution in [2.24, 2.45) is 11.0 Å². The summed E-state index contributed by atoms with van der Waals surface area (Å²) in [7, 11) is 0. The van der Waals surface area contributed by atoms with Gasteiger partial charge in [-0.2, -0.15) is 23.4 Å². The second-order valence-corrected chi connectivity index (χ2v) is 13.2. The molecule has 2 unspecified atom stereocenters. The number of hydrogen-bond acceptors (Lipinski definition) is 4. The maximum atomic E-state index is 14.4. The van der Waals surface area contributed by atoms with E-state index in [1.807, 2.05) is 50.2 Å². The van der Waals surface area contributed by atoms with E-state index in [9.17, 15) is 18.0 Å². The Bertz CT molecular complexity index is 2060. The van der Waals surface area contributed by atoms with Crippen LogP contribution in [0.3, 0.4) is 0 Å². The summed E-state index contributed by atoms with van der Waals surface area (Å²) >= 11 is 0. The van der Waals surface area contributed by atoms with Crippen LogP contribution in [0.1, 0.15) is 89.1 Å². The SMILES string of the molecule is Cc1ccc(/C=C2/CCCC3C2=NN(C(=O)c2cc4nc(-c5ccc(C(C)C)cc5)cc(C(F)(F)F)n4n2)C3c2ccc(C)cc2)cc1. The molecule has 1 saturated carbocycles. The Labute approximate surface area is 277 Å². The third kappa shape index (κ3) is 5.93. The van der Waals surface area contributed by atoms with Crippen molar-refractivity contribution in [3.8, 4) is 11.3 Å². The van der Waals surface area contributed by atoms with Gasteiger partial charge in [0, 0.05) is 17.5 Å². The lowest BCUT2D eigenvalue weighted by Crippen LogP contribution is -2.32. The van der Waals surface area contributed by atoms with Gasteiger partial charge in [0.2, 0.25) is 0 Å². The molecule has 2 atom stereocenters. The zero-order valence-electron chi connectivity index (χ0n) is 27.3. The Morgan fingerprint density at radius 3 is 2.23 bits per heavy atom. The minimum absolute atomic E-state index is 0.0628. The monoisotopic (exact) mass is 647 g/mol. The smallest absolute Gasteiger partial charge is 0.265 e. The van der Waals surface area contributed by atoms with Crippen LogP contribution in [0.4, 0.5) is 13.2 Å². The normalized spacial score (nSPS) is 18.9. The molecule has 1 aliphatic carbocycles. The van der Waals surface area contributed by atoms with E-state index < -0.39 is 23.8 Å². The van der Waals surface area contributed by atoms with Crippen LogP contribution in [-0.2, 0) is 6.18 Å². The molecule has 1 amide bonds. The molecule has 0 saturated heterocycles. The molecule has 0 spiro atoms. The van der Waals surface area contributed by atoms with Crippen LogP contribution in [0.25, 0.3) is 23.0 Å². The van der Waals surface area contributed by atoms with Gasteiger partial charge in [0.15, 0.2) is 17.0 Å². The molecule has 3 heterocycles. The fourth-order valence-corrected chi connectivity index (χ4v) is 6.71. The summed E-state index contributed by atoms with van der Waals surface area (Å²) < 4.78 is 44.1. The molecule has 2 aliphatic rings. The predicted molar refractivity (Wildman–Crippen MR) is 182 cm³/mol. The second-order valence-electron chi connectivity index (χ2n) is 13.2. The molecule has 2 aromatic heterocycles. The lowest BCUT2D eigenvalue weighted by molar-refractivity contribution is -0.142. The summed E-state index contributed by atoms with van der Waals surface area (Å²) in [5.74, 6) is -0.360. The number of aryl methyl sites for hydroxylation is 2. The number of carbonyl (C=O) groups excluding carboxylic acids is 1. The molecule has 9 heteroatoms. The van der Waals surface area contributed by atoms with Crippen molar-refractivity contribution in [3.05, 3.63) is 130 Å². The molecule has 7 rings (SSSR count). The molecule has 48 heavy (non-hydrogen) atoms. The predicted octanol–water partition coefficient (Wildman–Crippen LogP) is 9.59. The van der Waals surface area contributed by atoms with Crippen molar-refractivity contribution in [2.75, 3.05) is 0 Å². The number of carbonyl (C=O) groups is 1. The van der Waals surface area contributed by atoms with Crippen LogP contribution >= 0.6 is 0 Å². The lowest BCUT2D eigenvalue weighted by Gasteiger charge is -2.29. The van der Waals surface area contributed by atoms with Gasteiger partial charge >= 0.3 is 6.18 Å². The number of allylic oxidation sites excluding steroid dienone is 1. The molecule has 1 aliphatic heterocycles. The van der Waals surface area contributed by atoms with E-state index in [1.165, 1.54) is 16.6 Å². The van der Waals surface area contributed by atoms with Crippen LogP contribution in [0, 0.1) is 19.8 Å². The number of fused-ring (bicyclic) bond motifs is 2. The summed E-state index contributed by atoms with van der Waals surface area (Å²) in [6, 6.07) is 25.5. The highest BCUT2D eigenvalue weighted by Gasteiger charge is 2.45. The molecular weight excluding hydrogens is 611 g/mol. The molecule has 0 radical (unpaired) electrons. The molecule has 0 bridgehead atoms. The van der Waals surface area contributed by atoms with Gasteiger partial charge in [-0.3, -0.25) is 4.79 Å². The highest BCUT2D eigenvalue weighted by atomic mass is 19.4. The fourth-order valence-electron chi connectivity index (χ4n) is 6.71. The van der Waals surface area contributed by atoms with E-state index in [1.54, 1.807) is 12.1 Å². The van der Waals surface area contributed by atoms with Crippen LogP contribution in [0.5, 0.6) is 0 Å². The summed E-state index contributed by atoms with van der Waals surface area (Å²) in [6.45, 7) is 8.15. The first-order chi connectivity index (χ1) is 23.0. The van der Waals surface area contributed by atoms with Gasteiger partial charge in [0.05, 0.1) is 17.4 Å². The molecule has 244 valence electrons. The van der Waals surface area contributed by atoms with Gasteiger partial charge in [-0.15, -0.1) is 0 Å². The van der Waals surface area contributed by atoms with E-state index in [-0.39, 0.29) is 28.9 Å². The first-order valence-electron chi connectivity index (χ1n) is 16.3. The van der Waals surface area contributed by atoms with Crippen molar-refractivity contribution in [3.63, 3.8) is 0 Å². The summed E-state index contributed by atoms with van der Waals surface area (Å²) in [5, 5.41) is 10.6. The molecule has 3 aromatic carbocycles. The number of amides is 1. The number of benzene rings is 3. The Kier molecular flexibility index (Phi) is 8.01. The van der Waals surface area contributed by atoms with E-state index in [0.717, 1.165) is 63.4 Å². The molecule has 5 aromatic rings. The molecule has 0 N–H and O–H groups in total. The average molecular weight is 648 g/mol. The van der Waals surface area contributed by atoms with Crippen molar-refractivity contribution < 1.29 is 18.0 Å². The third-order valence-corrected chi connectivity index (χ3v) is 9.36. The van der Waals surface area contributed by atoms with Crippen molar-refractivity contribution in [1.82, 2.24) is 19.6 Å². The highest BCUT2D eigenvalue weighted by molar-refractivity contribution is 6.09. The van der Waals surface area contributed by atoms with Gasteiger partial charge in [-0.25, -0.2) is 14.5 Å². The molecule has 1 fully saturated rings. The Balaban J connectivity index is 1.32. The number of rotatable bonds is 5. The van der Waals surface area contributed by atoms with Crippen molar-refractivity contribution in [2.45, 2.75) is 65.1 Å². The van der Waals surface area contributed by atoms with Gasteiger partial charge in [-0.1, -0.05) is 97.8 Å². The highest BCUT2D eigenvalue weighted by Crippen LogP contribution is 2.45. The van der Waals surface area contributed by atoms with Gasteiger partial charge < -0.3 is 0 Å². The van der Waals surface area contributed by atoms with Gasteiger partial charge in [0.25, 0.3) is 5.91 Å². The topological polar surface area (TPSA) is 62.9 Å².